The maximum atomic E-state index is 4.66. The smallest absolute Gasteiger partial charge is 0.107 e. The topological polar surface area (TPSA) is 28.2 Å². The highest BCUT2D eigenvalue weighted by molar-refractivity contribution is 7.09. The van der Waals surface area contributed by atoms with Crippen molar-refractivity contribution in [2.24, 2.45) is 5.92 Å². The molecule has 1 aromatic rings. The van der Waals surface area contributed by atoms with Gasteiger partial charge in [0.25, 0.3) is 0 Å². The third kappa shape index (κ3) is 3.66. The molecule has 1 unspecified atom stereocenters. The van der Waals surface area contributed by atoms with Crippen LogP contribution in [-0.4, -0.2) is 34.6 Å². The summed E-state index contributed by atoms with van der Waals surface area (Å²) in [6.07, 6.45) is 7.14. The Morgan fingerprint density at radius 1 is 1.33 bits per heavy atom. The quantitative estimate of drug-likeness (QED) is 0.925. The monoisotopic (exact) mass is 307 g/mol. The summed E-state index contributed by atoms with van der Waals surface area (Å²) in [5.74, 6) is 0.885. The molecule has 1 aromatic heterocycles. The lowest BCUT2D eigenvalue weighted by atomic mass is 9.81. The van der Waals surface area contributed by atoms with E-state index in [-0.39, 0.29) is 5.54 Å². The van der Waals surface area contributed by atoms with E-state index in [1.54, 1.807) is 0 Å². The molecule has 2 fully saturated rings. The molecule has 1 aliphatic heterocycles. The first-order valence-electron chi connectivity index (χ1n) is 8.44. The predicted molar refractivity (Wildman–Crippen MR) is 89.7 cm³/mol. The van der Waals surface area contributed by atoms with E-state index in [4.69, 9.17) is 0 Å². The van der Waals surface area contributed by atoms with Crippen molar-refractivity contribution in [3.05, 3.63) is 16.1 Å². The molecule has 4 heteroatoms. The van der Waals surface area contributed by atoms with Gasteiger partial charge >= 0.3 is 0 Å². The lowest BCUT2D eigenvalue weighted by molar-refractivity contribution is 0.0374. The molecule has 2 heterocycles. The molecule has 0 aromatic carbocycles. The largest absolute Gasteiger partial charge is 0.311 e. The maximum absolute atomic E-state index is 4.66. The second kappa shape index (κ2) is 6.35. The van der Waals surface area contributed by atoms with Crippen LogP contribution in [0.1, 0.15) is 56.7 Å². The Morgan fingerprint density at radius 2 is 2.10 bits per heavy atom. The third-order valence-corrected chi connectivity index (χ3v) is 6.23. The van der Waals surface area contributed by atoms with Crippen molar-refractivity contribution in [1.29, 1.82) is 0 Å². The third-order valence-electron chi connectivity index (χ3n) is 5.28. The fourth-order valence-electron chi connectivity index (χ4n) is 3.81. The number of hydrogen-bond donors (Lipinski definition) is 1. The van der Waals surface area contributed by atoms with E-state index in [0.29, 0.717) is 6.04 Å². The van der Waals surface area contributed by atoms with Gasteiger partial charge in [-0.3, -0.25) is 4.90 Å². The summed E-state index contributed by atoms with van der Waals surface area (Å²) in [7, 11) is 0. The Hall–Kier alpha value is -0.450. The van der Waals surface area contributed by atoms with Crippen molar-refractivity contribution in [2.45, 2.75) is 71.0 Å². The zero-order chi connectivity index (χ0) is 14.9. The molecule has 1 saturated carbocycles. The summed E-state index contributed by atoms with van der Waals surface area (Å²) in [5, 5.41) is 7.28. The summed E-state index contributed by atoms with van der Waals surface area (Å²) < 4.78 is 0. The second-order valence-electron chi connectivity index (χ2n) is 7.46. The highest BCUT2D eigenvalue weighted by Crippen LogP contribution is 2.31. The number of hydrogen-bond acceptors (Lipinski definition) is 4. The van der Waals surface area contributed by atoms with Crippen molar-refractivity contribution in [3.63, 3.8) is 0 Å². The van der Waals surface area contributed by atoms with E-state index in [9.17, 15) is 0 Å². The van der Waals surface area contributed by atoms with Crippen LogP contribution in [0.15, 0.2) is 5.38 Å². The van der Waals surface area contributed by atoms with Crippen molar-refractivity contribution >= 4 is 11.3 Å². The van der Waals surface area contributed by atoms with E-state index in [1.165, 1.54) is 43.7 Å². The van der Waals surface area contributed by atoms with Crippen LogP contribution < -0.4 is 5.32 Å². The minimum Gasteiger partial charge on any atom is -0.311 e. The molecule has 21 heavy (non-hydrogen) atoms. The average Bonchev–Trinajstić information content (AvgIpc) is 2.87. The molecule has 0 bridgehead atoms. The minimum absolute atomic E-state index is 0.227. The number of nitrogens with zero attached hydrogens (tertiary/aromatic N) is 2. The van der Waals surface area contributed by atoms with Crippen LogP contribution in [-0.2, 0) is 6.54 Å². The summed E-state index contributed by atoms with van der Waals surface area (Å²) in [6, 6.07) is 0.680. The molecule has 1 saturated heterocycles. The maximum Gasteiger partial charge on any atom is 0.107 e. The Morgan fingerprint density at radius 3 is 2.76 bits per heavy atom. The van der Waals surface area contributed by atoms with E-state index >= 15 is 0 Å². The standard InChI is InChI=1S/C17H29N3S/c1-13-11-21-16(19-13)10-20-9-15(18-12-17(20,2)3)14-7-5-4-6-8-14/h11,14-15,18H,4-10,12H2,1-3H3. The second-order valence-corrected chi connectivity index (χ2v) is 8.40. The van der Waals surface area contributed by atoms with Gasteiger partial charge < -0.3 is 5.32 Å². The molecule has 0 amide bonds. The van der Waals surface area contributed by atoms with Gasteiger partial charge in [0.05, 0.1) is 6.54 Å². The molecule has 1 aliphatic carbocycles. The van der Waals surface area contributed by atoms with Gasteiger partial charge in [0.2, 0.25) is 0 Å². The van der Waals surface area contributed by atoms with Crippen molar-refractivity contribution < 1.29 is 0 Å². The SMILES string of the molecule is Cc1csc(CN2CC(C3CCCCC3)NCC2(C)C)n1. The van der Waals surface area contributed by atoms with Gasteiger partial charge in [-0.2, -0.15) is 0 Å². The van der Waals surface area contributed by atoms with Gasteiger partial charge in [-0.05, 0) is 39.5 Å². The number of aromatic nitrogens is 1. The van der Waals surface area contributed by atoms with Gasteiger partial charge in [0, 0.05) is 35.7 Å². The summed E-state index contributed by atoms with van der Waals surface area (Å²) >= 11 is 1.81. The lowest BCUT2D eigenvalue weighted by Gasteiger charge is -2.48. The summed E-state index contributed by atoms with van der Waals surface area (Å²) in [6.45, 7) is 10.1. The van der Waals surface area contributed by atoms with Crippen LogP contribution in [0.5, 0.6) is 0 Å². The van der Waals surface area contributed by atoms with Crippen LogP contribution in [0.3, 0.4) is 0 Å². The van der Waals surface area contributed by atoms with Crippen LogP contribution in [0.2, 0.25) is 0 Å². The summed E-state index contributed by atoms with van der Waals surface area (Å²) in [4.78, 5) is 7.32. The van der Waals surface area contributed by atoms with E-state index in [2.05, 4.69) is 41.4 Å². The van der Waals surface area contributed by atoms with Gasteiger partial charge in [0.1, 0.15) is 5.01 Å². The van der Waals surface area contributed by atoms with Gasteiger partial charge in [-0.1, -0.05) is 19.3 Å². The molecule has 1 N–H and O–H groups in total. The zero-order valence-corrected chi connectivity index (χ0v) is 14.5. The van der Waals surface area contributed by atoms with Crippen molar-refractivity contribution in [3.8, 4) is 0 Å². The molecule has 2 aliphatic rings. The molecule has 0 spiro atoms. The van der Waals surface area contributed by atoms with E-state index in [1.807, 2.05) is 11.3 Å². The highest BCUT2D eigenvalue weighted by atomic mass is 32.1. The number of thiazole rings is 1. The fourth-order valence-corrected chi connectivity index (χ4v) is 4.60. The number of piperazine rings is 1. The lowest BCUT2D eigenvalue weighted by Crippen LogP contribution is -2.63. The number of aryl methyl sites for hydroxylation is 1. The normalized spacial score (nSPS) is 27.9. The Balaban J connectivity index is 1.66. The first-order valence-corrected chi connectivity index (χ1v) is 9.32. The van der Waals surface area contributed by atoms with Crippen LogP contribution in [0, 0.1) is 12.8 Å². The number of nitrogens with one attached hydrogen (secondary N) is 1. The van der Waals surface area contributed by atoms with Crippen molar-refractivity contribution in [2.75, 3.05) is 13.1 Å². The molecular weight excluding hydrogens is 278 g/mol. The average molecular weight is 308 g/mol. The zero-order valence-electron chi connectivity index (χ0n) is 13.7. The summed E-state index contributed by atoms with van der Waals surface area (Å²) in [5.41, 5.74) is 1.39. The Bertz CT molecular complexity index is 462. The molecule has 3 nitrogen and oxygen atoms in total. The first kappa shape index (κ1) is 15.4. The first-order chi connectivity index (χ1) is 10.0. The van der Waals surface area contributed by atoms with E-state index < -0.39 is 0 Å². The highest BCUT2D eigenvalue weighted by Gasteiger charge is 2.37. The van der Waals surface area contributed by atoms with Crippen LogP contribution in [0.4, 0.5) is 0 Å². The van der Waals surface area contributed by atoms with Crippen molar-refractivity contribution in [1.82, 2.24) is 15.2 Å². The number of rotatable bonds is 3. The van der Waals surface area contributed by atoms with Crippen LogP contribution in [0.25, 0.3) is 0 Å². The molecule has 3 rings (SSSR count). The minimum atomic E-state index is 0.227. The molecule has 118 valence electrons. The fraction of sp³-hybridized carbons (Fsp3) is 0.824. The Labute approximate surface area is 133 Å². The van der Waals surface area contributed by atoms with Crippen LogP contribution >= 0.6 is 11.3 Å². The van der Waals surface area contributed by atoms with Gasteiger partial charge in [0.15, 0.2) is 0 Å². The predicted octanol–water partition coefficient (Wildman–Crippen LogP) is 3.58. The Kier molecular flexibility index (Phi) is 4.67. The molecular formula is C17H29N3S. The van der Waals surface area contributed by atoms with Gasteiger partial charge in [-0.25, -0.2) is 4.98 Å². The van der Waals surface area contributed by atoms with E-state index in [0.717, 1.165) is 24.7 Å². The molecule has 1 atom stereocenters. The molecule has 0 radical (unpaired) electrons. The van der Waals surface area contributed by atoms with Gasteiger partial charge in [-0.15, -0.1) is 11.3 Å².